The van der Waals surface area contributed by atoms with Gasteiger partial charge in [-0.25, -0.2) is 0 Å². The second kappa shape index (κ2) is 6.95. The zero-order valence-electron chi connectivity index (χ0n) is 11.3. The first-order valence-electron chi connectivity index (χ1n) is 6.71. The van der Waals surface area contributed by atoms with Crippen LogP contribution in [-0.2, 0) is 4.79 Å². The second-order valence-electron chi connectivity index (χ2n) is 4.38. The molecule has 102 valence electrons. The summed E-state index contributed by atoms with van der Waals surface area (Å²) >= 11 is 0. The highest BCUT2D eigenvalue weighted by Gasteiger charge is 2.13. The lowest BCUT2D eigenvalue weighted by Gasteiger charge is -2.26. The largest absolute Gasteiger partial charge is 0.493 e. The van der Waals surface area contributed by atoms with Crippen LogP contribution in [0, 0.1) is 0 Å². The molecule has 0 aliphatic carbocycles. The van der Waals surface area contributed by atoms with Crippen LogP contribution in [-0.4, -0.2) is 43.6 Å². The Balaban J connectivity index is 2.03. The normalized spacial score (nSPS) is 15.7. The fourth-order valence-electron chi connectivity index (χ4n) is 2.06. The van der Waals surface area contributed by atoms with Crippen LogP contribution < -0.4 is 10.1 Å². The van der Waals surface area contributed by atoms with Crippen molar-refractivity contribution >= 4 is 12.0 Å². The van der Waals surface area contributed by atoms with Gasteiger partial charge in [-0.05, 0) is 19.1 Å². The van der Waals surface area contributed by atoms with E-state index in [0.717, 1.165) is 37.5 Å². The molecule has 1 aliphatic heterocycles. The molecule has 0 bridgehead atoms. The average Bonchev–Trinajstić information content (AvgIpc) is 2.47. The number of ether oxygens (including phenoxy) is 1. The molecule has 1 amide bonds. The number of rotatable bonds is 4. The zero-order chi connectivity index (χ0) is 13.5. The Morgan fingerprint density at radius 2 is 2.11 bits per heavy atom. The van der Waals surface area contributed by atoms with Gasteiger partial charge in [-0.3, -0.25) is 4.79 Å². The summed E-state index contributed by atoms with van der Waals surface area (Å²) in [4.78, 5) is 13.9. The minimum absolute atomic E-state index is 0.0628. The number of nitrogens with zero attached hydrogens (tertiary/aromatic N) is 1. The minimum atomic E-state index is 0.0628. The van der Waals surface area contributed by atoms with Crippen LogP contribution >= 0.6 is 0 Å². The Kier molecular flexibility index (Phi) is 4.98. The monoisotopic (exact) mass is 260 g/mol. The summed E-state index contributed by atoms with van der Waals surface area (Å²) in [6, 6.07) is 7.74. The van der Waals surface area contributed by atoms with Gasteiger partial charge >= 0.3 is 0 Å². The van der Waals surface area contributed by atoms with Crippen molar-refractivity contribution in [1.29, 1.82) is 0 Å². The quantitative estimate of drug-likeness (QED) is 0.835. The number of amides is 1. The molecular weight excluding hydrogens is 240 g/mol. The summed E-state index contributed by atoms with van der Waals surface area (Å²) in [5.74, 6) is 0.877. The number of nitrogens with one attached hydrogen (secondary N) is 1. The van der Waals surface area contributed by atoms with Gasteiger partial charge in [0.25, 0.3) is 0 Å². The highest BCUT2D eigenvalue weighted by atomic mass is 16.5. The Hall–Kier alpha value is -1.81. The lowest BCUT2D eigenvalue weighted by molar-refractivity contribution is -0.126. The van der Waals surface area contributed by atoms with E-state index in [9.17, 15) is 4.79 Å². The highest BCUT2D eigenvalue weighted by molar-refractivity contribution is 5.92. The third-order valence-electron chi connectivity index (χ3n) is 3.05. The second-order valence-corrected chi connectivity index (χ2v) is 4.38. The van der Waals surface area contributed by atoms with E-state index in [-0.39, 0.29) is 5.91 Å². The Labute approximate surface area is 114 Å². The third kappa shape index (κ3) is 3.83. The molecule has 19 heavy (non-hydrogen) atoms. The van der Waals surface area contributed by atoms with Crippen molar-refractivity contribution in [2.45, 2.75) is 6.92 Å². The molecule has 4 nitrogen and oxygen atoms in total. The number of carbonyl (C=O) groups excluding carboxylic acids is 1. The van der Waals surface area contributed by atoms with Gasteiger partial charge in [-0.2, -0.15) is 0 Å². The van der Waals surface area contributed by atoms with Crippen molar-refractivity contribution in [3.8, 4) is 5.75 Å². The molecule has 2 rings (SSSR count). The first-order chi connectivity index (χ1) is 9.31. The lowest BCUT2D eigenvalue weighted by atomic mass is 10.2. The van der Waals surface area contributed by atoms with Gasteiger partial charge in [-0.15, -0.1) is 0 Å². The number of hydrogen-bond acceptors (Lipinski definition) is 3. The van der Waals surface area contributed by atoms with Crippen LogP contribution in [0.4, 0.5) is 0 Å². The van der Waals surface area contributed by atoms with Gasteiger partial charge in [0.1, 0.15) is 5.75 Å². The van der Waals surface area contributed by atoms with Gasteiger partial charge in [0.2, 0.25) is 5.91 Å². The van der Waals surface area contributed by atoms with E-state index in [1.165, 1.54) is 0 Å². The van der Waals surface area contributed by atoms with Crippen molar-refractivity contribution in [1.82, 2.24) is 10.2 Å². The first-order valence-corrected chi connectivity index (χ1v) is 6.71. The van der Waals surface area contributed by atoms with Crippen molar-refractivity contribution in [2.24, 2.45) is 0 Å². The van der Waals surface area contributed by atoms with Crippen molar-refractivity contribution in [3.63, 3.8) is 0 Å². The number of para-hydroxylation sites is 1. The van der Waals surface area contributed by atoms with Gasteiger partial charge < -0.3 is 15.0 Å². The maximum absolute atomic E-state index is 12.0. The minimum Gasteiger partial charge on any atom is -0.493 e. The molecule has 0 saturated carbocycles. The maximum Gasteiger partial charge on any atom is 0.246 e. The predicted molar refractivity (Wildman–Crippen MR) is 76.1 cm³/mol. The summed E-state index contributed by atoms with van der Waals surface area (Å²) in [6.07, 6.45) is 3.46. The maximum atomic E-state index is 12.0. The Morgan fingerprint density at radius 1 is 1.37 bits per heavy atom. The molecule has 0 spiro atoms. The van der Waals surface area contributed by atoms with Crippen LogP contribution in [0.15, 0.2) is 30.3 Å². The van der Waals surface area contributed by atoms with E-state index in [1.807, 2.05) is 42.2 Å². The SMILES string of the molecule is CCOc1ccccc1/C=C/C(=O)N1CCNCC1. The molecule has 1 aliphatic rings. The van der Waals surface area contributed by atoms with Gasteiger partial charge in [0.15, 0.2) is 0 Å². The van der Waals surface area contributed by atoms with E-state index in [0.29, 0.717) is 6.61 Å². The van der Waals surface area contributed by atoms with E-state index >= 15 is 0 Å². The summed E-state index contributed by atoms with van der Waals surface area (Å²) < 4.78 is 5.53. The molecule has 1 aromatic carbocycles. The molecule has 1 fully saturated rings. The number of carbonyl (C=O) groups is 1. The molecular formula is C15H20N2O2. The highest BCUT2D eigenvalue weighted by Crippen LogP contribution is 2.19. The zero-order valence-corrected chi connectivity index (χ0v) is 11.3. The third-order valence-corrected chi connectivity index (χ3v) is 3.05. The lowest BCUT2D eigenvalue weighted by Crippen LogP contribution is -2.45. The molecule has 1 N–H and O–H groups in total. The van der Waals surface area contributed by atoms with Crippen LogP contribution in [0.1, 0.15) is 12.5 Å². The molecule has 4 heteroatoms. The molecule has 1 aromatic rings. The Morgan fingerprint density at radius 3 is 2.84 bits per heavy atom. The standard InChI is InChI=1S/C15H20N2O2/c1-2-19-14-6-4-3-5-13(14)7-8-15(18)17-11-9-16-10-12-17/h3-8,16H,2,9-12H2,1H3/b8-7+. The summed E-state index contributed by atoms with van der Waals surface area (Å²) in [5.41, 5.74) is 0.938. The van der Waals surface area contributed by atoms with Gasteiger partial charge in [0, 0.05) is 37.8 Å². The molecule has 0 unspecified atom stereocenters. The van der Waals surface area contributed by atoms with E-state index in [2.05, 4.69) is 5.32 Å². The van der Waals surface area contributed by atoms with Crippen molar-refractivity contribution in [2.75, 3.05) is 32.8 Å². The van der Waals surface area contributed by atoms with Crippen LogP contribution in [0.3, 0.4) is 0 Å². The summed E-state index contributed by atoms with van der Waals surface area (Å²) in [6.45, 7) is 5.86. The van der Waals surface area contributed by atoms with Crippen LogP contribution in [0.25, 0.3) is 6.08 Å². The first kappa shape index (κ1) is 13.6. The van der Waals surface area contributed by atoms with Crippen LogP contribution in [0.5, 0.6) is 5.75 Å². The van der Waals surface area contributed by atoms with E-state index in [1.54, 1.807) is 6.08 Å². The van der Waals surface area contributed by atoms with E-state index in [4.69, 9.17) is 4.74 Å². The predicted octanol–water partition coefficient (Wildman–Crippen LogP) is 1.53. The van der Waals surface area contributed by atoms with Crippen molar-refractivity contribution < 1.29 is 9.53 Å². The van der Waals surface area contributed by atoms with Gasteiger partial charge in [0.05, 0.1) is 6.61 Å². The summed E-state index contributed by atoms with van der Waals surface area (Å²) in [5, 5.41) is 3.23. The average molecular weight is 260 g/mol. The van der Waals surface area contributed by atoms with Gasteiger partial charge in [-0.1, -0.05) is 18.2 Å². The number of piperazine rings is 1. The fourth-order valence-corrected chi connectivity index (χ4v) is 2.06. The smallest absolute Gasteiger partial charge is 0.246 e. The summed E-state index contributed by atoms with van der Waals surface area (Å²) in [7, 11) is 0. The molecule has 0 atom stereocenters. The molecule has 0 radical (unpaired) electrons. The Bertz CT molecular complexity index is 451. The van der Waals surface area contributed by atoms with Crippen molar-refractivity contribution in [3.05, 3.63) is 35.9 Å². The fraction of sp³-hybridized carbons (Fsp3) is 0.400. The molecule has 1 heterocycles. The van der Waals surface area contributed by atoms with E-state index < -0.39 is 0 Å². The number of hydrogen-bond donors (Lipinski definition) is 1. The topological polar surface area (TPSA) is 41.6 Å². The molecule has 0 aromatic heterocycles. The molecule has 1 saturated heterocycles. The number of benzene rings is 1. The van der Waals surface area contributed by atoms with Crippen LogP contribution in [0.2, 0.25) is 0 Å².